The van der Waals surface area contributed by atoms with Gasteiger partial charge in [-0.1, -0.05) is 12.1 Å². The van der Waals surface area contributed by atoms with Gasteiger partial charge in [0.2, 0.25) is 5.65 Å². The Hall–Kier alpha value is -3.35. The number of para-hydroxylation sites is 2. The first-order valence-electron chi connectivity index (χ1n) is 7.81. The van der Waals surface area contributed by atoms with Crippen LogP contribution in [0.25, 0.3) is 16.7 Å². The second-order valence-corrected chi connectivity index (χ2v) is 5.55. The van der Waals surface area contributed by atoms with Crippen molar-refractivity contribution in [1.82, 2.24) is 19.6 Å². The summed E-state index contributed by atoms with van der Waals surface area (Å²) in [6, 6.07) is 13.5. The van der Waals surface area contributed by atoms with E-state index in [4.69, 9.17) is 14.5 Å². The molecular weight excluding hydrogens is 318 g/mol. The summed E-state index contributed by atoms with van der Waals surface area (Å²) >= 11 is 0. The lowest BCUT2D eigenvalue weighted by Gasteiger charge is -2.13. The number of ether oxygens (including phenoxy) is 2. The molecule has 2 aromatic heterocycles. The van der Waals surface area contributed by atoms with E-state index in [-0.39, 0.29) is 0 Å². The fourth-order valence-corrected chi connectivity index (χ4v) is 2.84. The van der Waals surface area contributed by atoms with Gasteiger partial charge in [0.1, 0.15) is 17.3 Å². The summed E-state index contributed by atoms with van der Waals surface area (Å²) in [6.07, 6.45) is 0. The zero-order valence-corrected chi connectivity index (χ0v) is 14.1. The van der Waals surface area contributed by atoms with E-state index >= 15 is 0 Å². The van der Waals surface area contributed by atoms with E-state index in [9.17, 15) is 0 Å². The predicted octanol–water partition coefficient (Wildman–Crippen LogP) is 3.35. The largest absolute Gasteiger partial charge is 0.497 e. The second kappa shape index (κ2) is 5.94. The van der Waals surface area contributed by atoms with Gasteiger partial charge in [-0.3, -0.25) is 4.40 Å². The zero-order valence-electron chi connectivity index (χ0n) is 14.1. The zero-order chi connectivity index (χ0) is 17.4. The molecule has 1 N–H and O–H groups in total. The molecule has 0 bridgehead atoms. The Bertz CT molecular complexity index is 1070. The van der Waals surface area contributed by atoms with Crippen molar-refractivity contribution < 1.29 is 9.47 Å². The van der Waals surface area contributed by atoms with Crippen LogP contribution in [0.3, 0.4) is 0 Å². The van der Waals surface area contributed by atoms with Gasteiger partial charge >= 0.3 is 0 Å². The summed E-state index contributed by atoms with van der Waals surface area (Å²) in [4.78, 5) is 4.71. The fraction of sp³-hybridized carbons (Fsp3) is 0.167. The molecule has 0 aliphatic heterocycles. The molecule has 0 unspecified atom stereocenters. The number of anilines is 2. The molecule has 0 atom stereocenters. The number of rotatable bonds is 4. The standard InChI is InChI=1S/C18H17N5O2/c1-11-21-22-18-17(19-13-6-4-5-7-15(13)23(11)18)20-14-9-8-12(24-2)10-16(14)25-3/h4-10H,1-3H3,(H,19,20). The van der Waals surface area contributed by atoms with Crippen LogP contribution in [0.4, 0.5) is 11.5 Å². The van der Waals surface area contributed by atoms with Crippen molar-refractivity contribution >= 4 is 28.2 Å². The van der Waals surface area contributed by atoms with E-state index in [1.54, 1.807) is 14.2 Å². The highest BCUT2D eigenvalue weighted by Gasteiger charge is 2.14. The van der Waals surface area contributed by atoms with Crippen molar-refractivity contribution in [3.8, 4) is 11.5 Å². The van der Waals surface area contributed by atoms with Crippen molar-refractivity contribution in [3.05, 3.63) is 48.3 Å². The van der Waals surface area contributed by atoms with Gasteiger partial charge < -0.3 is 14.8 Å². The molecule has 4 rings (SSSR count). The van der Waals surface area contributed by atoms with Crippen LogP contribution in [-0.4, -0.2) is 33.8 Å². The molecule has 126 valence electrons. The lowest BCUT2D eigenvalue weighted by molar-refractivity contribution is 0.395. The van der Waals surface area contributed by atoms with Gasteiger partial charge in [0.05, 0.1) is 30.9 Å². The van der Waals surface area contributed by atoms with E-state index in [0.29, 0.717) is 17.2 Å². The molecule has 0 aliphatic rings. The van der Waals surface area contributed by atoms with E-state index in [1.165, 1.54) is 0 Å². The number of aromatic nitrogens is 4. The molecule has 0 aliphatic carbocycles. The first kappa shape index (κ1) is 15.2. The lowest BCUT2D eigenvalue weighted by atomic mass is 10.2. The smallest absolute Gasteiger partial charge is 0.204 e. The number of fused-ring (bicyclic) bond motifs is 3. The van der Waals surface area contributed by atoms with Crippen LogP contribution in [-0.2, 0) is 0 Å². The molecule has 7 nitrogen and oxygen atoms in total. The Morgan fingerprint density at radius 1 is 1.00 bits per heavy atom. The third-order valence-electron chi connectivity index (χ3n) is 4.05. The Kier molecular flexibility index (Phi) is 3.61. The number of aryl methyl sites for hydroxylation is 1. The van der Waals surface area contributed by atoms with Crippen molar-refractivity contribution in [3.63, 3.8) is 0 Å². The Balaban J connectivity index is 1.89. The number of nitrogens with one attached hydrogen (secondary N) is 1. The molecule has 0 saturated carbocycles. The first-order valence-corrected chi connectivity index (χ1v) is 7.81. The number of hydrogen-bond donors (Lipinski definition) is 1. The highest BCUT2D eigenvalue weighted by atomic mass is 16.5. The molecular formula is C18H17N5O2. The van der Waals surface area contributed by atoms with Crippen LogP contribution in [0.15, 0.2) is 42.5 Å². The van der Waals surface area contributed by atoms with Gasteiger partial charge in [0.15, 0.2) is 5.82 Å². The topological polar surface area (TPSA) is 73.6 Å². The van der Waals surface area contributed by atoms with Crippen molar-refractivity contribution in [2.75, 3.05) is 19.5 Å². The van der Waals surface area contributed by atoms with Crippen LogP contribution >= 0.6 is 0 Å². The molecule has 0 saturated heterocycles. The monoisotopic (exact) mass is 335 g/mol. The second-order valence-electron chi connectivity index (χ2n) is 5.55. The normalized spacial score (nSPS) is 11.0. The Morgan fingerprint density at radius 3 is 2.64 bits per heavy atom. The summed E-state index contributed by atoms with van der Waals surface area (Å²) in [6.45, 7) is 1.92. The fourth-order valence-electron chi connectivity index (χ4n) is 2.84. The van der Waals surface area contributed by atoms with Crippen LogP contribution in [0.1, 0.15) is 5.82 Å². The van der Waals surface area contributed by atoms with Crippen LogP contribution in [0.2, 0.25) is 0 Å². The third-order valence-corrected chi connectivity index (χ3v) is 4.05. The number of hydrogen-bond acceptors (Lipinski definition) is 6. The summed E-state index contributed by atoms with van der Waals surface area (Å²) in [5, 5.41) is 11.8. The Labute approximate surface area is 144 Å². The van der Waals surface area contributed by atoms with Crippen LogP contribution in [0, 0.1) is 6.92 Å². The minimum atomic E-state index is 0.614. The average molecular weight is 335 g/mol. The molecule has 0 radical (unpaired) electrons. The van der Waals surface area contributed by atoms with E-state index in [1.807, 2.05) is 53.8 Å². The number of nitrogens with zero attached hydrogens (tertiary/aromatic N) is 4. The molecule has 2 heterocycles. The third kappa shape index (κ3) is 2.50. The minimum Gasteiger partial charge on any atom is -0.497 e. The number of methoxy groups -OCH3 is 2. The summed E-state index contributed by atoms with van der Waals surface area (Å²) in [5.74, 6) is 2.79. The molecule has 0 amide bonds. The average Bonchev–Trinajstić information content (AvgIpc) is 3.04. The van der Waals surface area contributed by atoms with Crippen molar-refractivity contribution in [2.24, 2.45) is 0 Å². The summed E-state index contributed by atoms with van der Waals surface area (Å²) in [7, 11) is 3.24. The SMILES string of the molecule is COc1ccc(Nc2nc3ccccc3n3c(C)nnc23)c(OC)c1. The number of benzene rings is 2. The molecule has 25 heavy (non-hydrogen) atoms. The maximum absolute atomic E-state index is 5.45. The Morgan fingerprint density at radius 2 is 1.84 bits per heavy atom. The predicted molar refractivity (Wildman–Crippen MR) is 95.9 cm³/mol. The van der Waals surface area contributed by atoms with E-state index in [0.717, 1.165) is 28.3 Å². The van der Waals surface area contributed by atoms with Crippen LogP contribution < -0.4 is 14.8 Å². The maximum Gasteiger partial charge on any atom is 0.204 e. The van der Waals surface area contributed by atoms with Crippen LogP contribution in [0.5, 0.6) is 11.5 Å². The van der Waals surface area contributed by atoms with E-state index < -0.39 is 0 Å². The van der Waals surface area contributed by atoms with Gasteiger partial charge in [-0.25, -0.2) is 4.98 Å². The molecule has 0 spiro atoms. The first-order chi connectivity index (χ1) is 12.2. The maximum atomic E-state index is 5.45. The molecule has 0 fully saturated rings. The van der Waals surface area contributed by atoms with Gasteiger partial charge in [-0.2, -0.15) is 0 Å². The van der Waals surface area contributed by atoms with Crippen molar-refractivity contribution in [1.29, 1.82) is 0 Å². The lowest BCUT2D eigenvalue weighted by Crippen LogP contribution is -2.02. The summed E-state index contributed by atoms with van der Waals surface area (Å²) < 4.78 is 12.7. The molecule has 2 aromatic carbocycles. The van der Waals surface area contributed by atoms with Gasteiger partial charge in [0, 0.05) is 6.07 Å². The quantitative estimate of drug-likeness (QED) is 0.616. The van der Waals surface area contributed by atoms with Crippen molar-refractivity contribution in [2.45, 2.75) is 6.92 Å². The highest BCUT2D eigenvalue weighted by molar-refractivity contribution is 5.85. The summed E-state index contributed by atoms with van der Waals surface area (Å²) in [5.41, 5.74) is 3.25. The van der Waals surface area contributed by atoms with Gasteiger partial charge in [-0.05, 0) is 31.2 Å². The highest BCUT2D eigenvalue weighted by Crippen LogP contribution is 2.32. The van der Waals surface area contributed by atoms with Gasteiger partial charge in [-0.15, -0.1) is 10.2 Å². The van der Waals surface area contributed by atoms with Gasteiger partial charge in [0.25, 0.3) is 0 Å². The molecule has 7 heteroatoms. The van der Waals surface area contributed by atoms with E-state index in [2.05, 4.69) is 15.5 Å². The minimum absolute atomic E-state index is 0.614. The molecule has 4 aromatic rings.